The second-order valence-electron chi connectivity index (χ2n) is 5.06. The molecular weight excluding hydrogens is 310 g/mol. The summed E-state index contributed by atoms with van der Waals surface area (Å²) in [5.41, 5.74) is 1.39. The maximum absolute atomic E-state index is 12.0. The molecule has 0 spiro atoms. The fourth-order valence-electron chi connectivity index (χ4n) is 2.15. The molecule has 24 heavy (non-hydrogen) atoms. The molecule has 0 saturated heterocycles. The Morgan fingerprint density at radius 1 is 1.04 bits per heavy atom. The number of aliphatic hydroxyl groups is 1. The number of benzene rings is 2. The molecule has 0 fully saturated rings. The molecule has 2 aromatic carbocycles. The minimum Gasteiger partial charge on any atom is -0.467 e. The van der Waals surface area contributed by atoms with E-state index < -0.39 is 24.2 Å². The van der Waals surface area contributed by atoms with E-state index in [1.54, 1.807) is 30.3 Å². The van der Waals surface area contributed by atoms with Crippen LogP contribution < -0.4 is 5.32 Å². The summed E-state index contributed by atoms with van der Waals surface area (Å²) in [7, 11) is 1.17. The first-order valence-corrected chi connectivity index (χ1v) is 7.40. The SMILES string of the molecule is COC(=O)[C@H](O)[C@@H](NC(=O)OCc1ccccc1)c1ccccc1. The van der Waals surface area contributed by atoms with Crippen LogP contribution in [0.4, 0.5) is 4.79 Å². The second-order valence-corrected chi connectivity index (χ2v) is 5.06. The topological polar surface area (TPSA) is 84.9 Å². The lowest BCUT2D eigenvalue weighted by molar-refractivity contribution is -0.152. The Hall–Kier alpha value is -2.86. The molecule has 0 radical (unpaired) electrons. The Kier molecular flexibility index (Phi) is 6.33. The van der Waals surface area contributed by atoms with Gasteiger partial charge in [0.05, 0.1) is 13.2 Å². The first-order valence-electron chi connectivity index (χ1n) is 7.40. The standard InChI is InChI=1S/C18H19NO5/c1-23-17(21)16(20)15(14-10-6-3-7-11-14)19-18(22)24-12-13-8-4-2-5-9-13/h2-11,15-16,20H,12H2,1H3,(H,19,22)/t15-,16+/m0/s1. The third-order valence-electron chi connectivity index (χ3n) is 3.40. The summed E-state index contributed by atoms with van der Waals surface area (Å²) in [6, 6.07) is 16.9. The summed E-state index contributed by atoms with van der Waals surface area (Å²) in [6.45, 7) is 0.0858. The van der Waals surface area contributed by atoms with Crippen molar-refractivity contribution in [2.24, 2.45) is 0 Å². The van der Waals surface area contributed by atoms with Crippen LogP contribution >= 0.6 is 0 Å². The van der Waals surface area contributed by atoms with Gasteiger partial charge in [-0.15, -0.1) is 0 Å². The largest absolute Gasteiger partial charge is 0.467 e. The van der Waals surface area contributed by atoms with Gasteiger partial charge in [-0.3, -0.25) is 0 Å². The minimum atomic E-state index is -1.54. The highest BCUT2D eigenvalue weighted by Gasteiger charge is 2.30. The van der Waals surface area contributed by atoms with Crippen molar-refractivity contribution in [1.82, 2.24) is 5.32 Å². The maximum Gasteiger partial charge on any atom is 0.408 e. The Bertz CT molecular complexity index is 660. The summed E-state index contributed by atoms with van der Waals surface area (Å²) < 4.78 is 9.67. The molecular formula is C18H19NO5. The zero-order chi connectivity index (χ0) is 17.4. The van der Waals surface area contributed by atoms with E-state index in [1.165, 1.54) is 7.11 Å². The van der Waals surface area contributed by atoms with Gasteiger partial charge in [-0.2, -0.15) is 0 Å². The number of alkyl carbamates (subject to hydrolysis) is 1. The van der Waals surface area contributed by atoms with Gasteiger partial charge in [0.2, 0.25) is 0 Å². The fourth-order valence-corrected chi connectivity index (χ4v) is 2.15. The molecule has 126 valence electrons. The molecule has 6 heteroatoms. The number of carbonyl (C=O) groups is 2. The first kappa shape index (κ1) is 17.5. The van der Waals surface area contributed by atoms with Crippen LogP contribution in [0, 0.1) is 0 Å². The van der Waals surface area contributed by atoms with E-state index in [1.807, 2.05) is 30.3 Å². The molecule has 0 heterocycles. The number of methoxy groups -OCH3 is 1. The molecule has 0 saturated carbocycles. The molecule has 0 aliphatic rings. The summed E-state index contributed by atoms with van der Waals surface area (Å²) in [6.07, 6.45) is -2.28. The number of hydrogen-bond acceptors (Lipinski definition) is 5. The Morgan fingerprint density at radius 2 is 1.62 bits per heavy atom. The van der Waals surface area contributed by atoms with Crippen molar-refractivity contribution < 1.29 is 24.2 Å². The summed E-state index contributed by atoms with van der Waals surface area (Å²) in [5, 5.41) is 12.6. The van der Waals surface area contributed by atoms with Crippen LogP contribution in [0.15, 0.2) is 60.7 Å². The minimum absolute atomic E-state index is 0.0858. The summed E-state index contributed by atoms with van der Waals surface area (Å²) >= 11 is 0. The lowest BCUT2D eigenvalue weighted by Crippen LogP contribution is -2.41. The van der Waals surface area contributed by atoms with Gasteiger partial charge in [0, 0.05) is 0 Å². The smallest absolute Gasteiger partial charge is 0.408 e. The summed E-state index contributed by atoms with van der Waals surface area (Å²) in [4.78, 5) is 23.6. The third-order valence-corrected chi connectivity index (χ3v) is 3.40. The van der Waals surface area contributed by atoms with Crippen molar-refractivity contribution in [3.63, 3.8) is 0 Å². The number of aliphatic hydroxyl groups excluding tert-OH is 1. The number of esters is 1. The number of nitrogens with one attached hydrogen (secondary N) is 1. The predicted molar refractivity (Wildman–Crippen MR) is 87.0 cm³/mol. The van der Waals surface area contributed by atoms with Crippen LogP contribution in [0.25, 0.3) is 0 Å². The molecule has 0 aliphatic carbocycles. The van der Waals surface area contributed by atoms with Crippen LogP contribution in [-0.2, 0) is 20.9 Å². The van der Waals surface area contributed by atoms with Gasteiger partial charge < -0.3 is 19.9 Å². The van der Waals surface area contributed by atoms with E-state index in [0.29, 0.717) is 5.56 Å². The van der Waals surface area contributed by atoms with Gasteiger partial charge in [0.25, 0.3) is 0 Å². The zero-order valence-electron chi connectivity index (χ0n) is 13.2. The van der Waals surface area contributed by atoms with Crippen LogP contribution in [0.1, 0.15) is 17.2 Å². The van der Waals surface area contributed by atoms with E-state index in [9.17, 15) is 14.7 Å². The van der Waals surface area contributed by atoms with E-state index in [4.69, 9.17) is 4.74 Å². The molecule has 6 nitrogen and oxygen atoms in total. The molecule has 2 atom stereocenters. The van der Waals surface area contributed by atoms with Crippen molar-refractivity contribution in [3.05, 3.63) is 71.8 Å². The highest BCUT2D eigenvalue weighted by atomic mass is 16.6. The first-order chi connectivity index (χ1) is 11.6. The lowest BCUT2D eigenvalue weighted by atomic mass is 10.0. The van der Waals surface area contributed by atoms with Gasteiger partial charge >= 0.3 is 12.1 Å². The number of ether oxygens (including phenoxy) is 2. The van der Waals surface area contributed by atoms with Gasteiger partial charge in [-0.25, -0.2) is 9.59 Å². The fraction of sp³-hybridized carbons (Fsp3) is 0.222. The highest BCUT2D eigenvalue weighted by Crippen LogP contribution is 2.18. The van der Waals surface area contributed by atoms with E-state index >= 15 is 0 Å². The van der Waals surface area contributed by atoms with Crippen LogP contribution in [0.2, 0.25) is 0 Å². The maximum atomic E-state index is 12.0. The van der Waals surface area contributed by atoms with Gasteiger partial charge in [-0.05, 0) is 11.1 Å². The Balaban J connectivity index is 2.04. The van der Waals surface area contributed by atoms with Gasteiger partial charge in [0.1, 0.15) is 6.61 Å². The molecule has 2 rings (SSSR count). The summed E-state index contributed by atoms with van der Waals surface area (Å²) in [5.74, 6) is -0.841. The van der Waals surface area contributed by atoms with E-state index in [2.05, 4.69) is 10.1 Å². The molecule has 0 bridgehead atoms. The Morgan fingerprint density at radius 3 is 2.21 bits per heavy atom. The van der Waals surface area contributed by atoms with Crippen LogP contribution in [-0.4, -0.2) is 30.4 Å². The highest BCUT2D eigenvalue weighted by molar-refractivity contribution is 5.77. The average molecular weight is 329 g/mol. The van der Waals surface area contributed by atoms with Gasteiger partial charge in [0.15, 0.2) is 6.10 Å². The van der Waals surface area contributed by atoms with E-state index in [-0.39, 0.29) is 6.61 Å². The average Bonchev–Trinajstić information content (AvgIpc) is 2.64. The zero-order valence-corrected chi connectivity index (χ0v) is 13.2. The number of carbonyl (C=O) groups excluding carboxylic acids is 2. The predicted octanol–water partition coefficient (Wildman–Crippen LogP) is 2.19. The van der Waals surface area contributed by atoms with Crippen molar-refractivity contribution in [3.8, 4) is 0 Å². The number of rotatable bonds is 6. The van der Waals surface area contributed by atoms with Crippen molar-refractivity contribution >= 4 is 12.1 Å². The van der Waals surface area contributed by atoms with Crippen molar-refractivity contribution in [1.29, 1.82) is 0 Å². The third kappa shape index (κ3) is 4.82. The van der Waals surface area contributed by atoms with Crippen molar-refractivity contribution in [2.45, 2.75) is 18.8 Å². The lowest BCUT2D eigenvalue weighted by Gasteiger charge is -2.22. The molecule has 0 aromatic heterocycles. The number of amides is 1. The second kappa shape index (κ2) is 8.69. The molecule has 0 aliphatic heterocycles. The Labute approximate surface area is 140 Å². The molecule has 1 amide bonds. The monoisotopic (exact) mass is 329 g/mol. The quantitative estimate of drug-likeness (QED) is 0.794. The van der Waals surface area contributed by atoms with Crippen LogP contribution in [0.3, 0.4) is 0 Å². The van der Waals surface area contributed by atoms with Crippen LogP contribution in [0.5, 0.6) is 0 Å². The van der Waals surface area contributed by atoms with Crippen molar-refractivity contribution in [2.75, 3.05) is 7.11 Å². The number of hydrogen-bond donors (Lipinski definition) is 2. The molecule has 2 N–H and O–H groups in total. The van der Waals surface area contributed by atoms with Gasteiger partial charge in [-0.1, -0.05) is 60.7 Å². The molecule has 2 aromatic rings. The van der Waals surface area contributed by atoms with E-state index in [0.717, 1.165) is 5.56 Å². The molecule has 0 unspecified atom stereocenters. The normalized spacial score (nSPS) is 12.8.